The molecule has 0 aliphatic carbocycles. The average Bonchev–Trinajstić information content (AvgIpc) is 3.83. The second-order valence-electron chi connectivity index (χ2n) is 14.7. The van der Waals surface area contributed by atoms with E-state index >= 15 is 0 Å². The van der Waals surface area contributed by atoms with Gasteiger partial charge in [-0.3, -0.25) is 4.79 Å². The number of aromatic carboxylic acids is 1. The number of amides is 1. The van der Waals surface area contributed by atoms with Crippen molar-refractivity contribution in [2.24, 2.45) is 5.41 Å². The van der Waals surface area contributed by atoms with E-state index in [-0.39, 0.29) is 34.6 Å². The summed E-state index contributed by atoms with van der Waals surface area (Å²) in [6.07, 6.45) is 0.761. The lowest BCUT2D eigenvalue weighted by Crippen LogP contribution is -2.48. The fourth-order valence-electron chi connectivity index (χ4n) is 7.97. The molecular formula is C39H39Cl2N7O4. The van der Waals surface area contributed by atoms with Crippen LogP contribution in [0.5, 0.6) is 5.75 Å². The van der Waals surface area contributed by atoms with Crippen LogP contribution in [0.25, 0.3) is 11.4 Å². The lowest BCUT2D eigenvalue weighted by molar-refractivity contribution is -0.118. The van der Waals surface area contributed by atoms with Gasteiger partial charge in [-0.25, -0.2) is 4.79 Å². The van der Waals surface area contributed by atoms with Crippen molar-refractivity contribution in [3.63, 3.8) is 0 Å². The first-order chi connectivity index (χ1) is 24.9. The zero-order chi connectivity index (χ0) is 36.8. The first-order valence-electron chi connectivity index (χ1n) is 17.0. The molecule has 4 atom stereocenters. The van der Waals surface area contributed by atoms with Gasteiger partial charge in [-0.15, -0.1) is 10.2 Å². The summed E-state index contributed by atoms with van der Waals surface area (Å²) in [6, 6.07) is 25.5. The van der Waals surface area contributed by atoms with Crippen LogP contribution >= 0.6 is 23.2 Å². The Kier molecular flexibility index (Phi) is 9.45. The molecule has 1 amide bonds. The predicted molar refractivity (Wildman–Crippen MR) is 201 cm³/mol. The van der Waals surface area contributed by atoms with Crippen LogP contribution in [0.15, 0.2) is 84.9 Å². The summed E-state index contributed by atoms with van der Waals surface area (Å²) in [6.45, 7) is 7.84. The predicted octanol–water partition coefficient (Wildman–Crippen LogP) is 7.34. The van der Waals surface area contributed by atoms with Gasteiger partial charge in [0, 0.05) is 51.8 Å². The Morgan fingerprint density at radius 1 is 1.00 bits per heavy atom. The molecule has 268 valence electrons. The quantitative estimate of drug-likeness (QED) is 0.122. The number of aromatic amines is 1. The van der Waals surface area contributed by atoms with E-state index in [0.717, 1.165) is 34.4 Å². The highest BCUT2D eigenvalue weighted by Crippen LogP contribution is 2.58. The van der Waals surface area contributed by atoms with Crippen LogP contribution in [0.1, 0.15) is 60.2 Å². The summed E-state index contributed by atoms with van der Waals surface area (Å²) >= 11 is 13.2. The van der Waals surface area contributed by atoms with Crippen LogP contribution in [0, 0.1) is 5.41 Å². The summed E-state index contributed by atoms with van der Waals surface area (Å²) < 4.78 is 5.52. The van der Waals surface area contributed by atoms with Gasteiger partial charge in [0.25, 0.3) is 0 Å². The van der Waals surface area contributed by atoms with E-state index in [1.165, 1.54) is 19.2 Å². The number of anilines is 2. The fraction of sp³-hybridized carbons (Fsp3) is 0.308. The topological polar surface area (TPSA) is 145 Å². The van der Waals surface area contributed by atoms with Crippen molar-refractivity contribution in [3.8, 4) is 17.1 Å². The van der Waals surface area contributed by atoms with Gasteiger partial charge in [-0.1, -0.05) is 80.4 Å². The number of carboxylic acid groups (broad SMARTS) is 1. The number of nitrogens with one attached hydrogen (secondary N) is 3. The number of halogens is 2. The number of benzene rings is 4. The van der Waals surface area contributed by atoms with Crippen LogP contribution in [0.3, 0.4) is 0 Å². The minimum atomic E-state index is -1.09. The zero-order valence-corrected chi connectivity index (χ0v) is 30.7. The number of methoxy groups -OCH3 is 1. The number of nitrogens with zero attached hydrogens (tertiary/aromatic N) is 4. The fourth-order valence-corrected chi connectivity index (χ4v) is 8.26. The number of tetrazole rings is 1. The Balaban J connectivity index is 1.33. The molecule has 1 fully saturated rings. The van der Waals surface area contributed by atoms with Gasteiger partial charge in [-0.2, -0.15) is 5.21 Å². The Labute approximate surface area is 311 Å². The highest BCUT2D eigenvalue weighted by Gasteiger charge is 2.62. The van der Waals surface area contributed by atoms with E-state index < -0.39 is 17.4 Å². The van der Waals surface area contributed by atoms with Crippen molar-refractivity contribution in [1.82, 2.24) is 25.9 Å². The van der Waals surface area contributed by atoms with Crippen molar-refractivity contribution in [2.75, 3.05) is 23.9 Å². The minimum absolute atomic E-state index is 0.0565. The smallest absolute Gasteiger partial charge is 0.335 e. The van der Waals surface area contributed by atoms with Gasteiger partial charge in [-0.05, 0) is 82.3 Å². The van der Waals surface area contributed by atoms with E-state index in [1.54, 1.807) is 6.07 Å². The van der Waals surface area contributed by atoms with Crippen molar-refractivity contribution in [3.05, 3.63) is 117 Å². The lowest BCUT2D eigenvalue weighted by atomic mass is 9.63. The van der Waals surface area contributed by atoms with Gasteiger partial charge in [0.2, 0.25) is 11.7 Å². The average molecular weight is 741 g/mol. The maximum atomic E-state index is 14.7. The first-order valence-corrected chi connectivity index (χ1v) is 17.7. The number of carbonyl (C=O) groups is 2. The molecular weight excluding hydrogens is 701 g/mol. The third-order valence-electron chi connectivity index (χ3n) is 10.1. The number of carbonyl (C=O) groups excluding carboxylic acids is 1. The number of fused-ring (bicyclic) bond motifs is 2. The highest BCUT2D eigenvalue weighted by molar-refractivity contribution is 6.31. The molecule has 0 radical (unpaired) electrons. The number of hydrogen-bond donors (Lipinski definition) is 4. The molecule has 1 spiro atoms. The molecule has 7 rings (SSSR count). The monoisotopic (exact) mass is 739 g/mol. The van der Waals surface area contributed by atoms with Gasteiger partial charge in [0.15, 0.2) is 0 Å². The van der Waals surface area contributed by atoms with E-state index in [1.807, 2.05) is 42.5 Å². The molecule has 2 aliphatic rings. The third kappa shape index (κ3) is 6.71. The molecule has 0 bridgehead atoms. The molecule has 1 saturated heterocycles. The second-order valence-corrected chi connectivity index (χ2v) is 15.6. The maximum Gasteiger partial charge on any atom is 0.335 e. The number of hydrogen-bond acceptors (Lipinski definition) is 8. The van der Waals surface area contributed by atoms with Gasteiger partial charge in [0.1, 0.15) is 5.75 Å². The van der Waals surface area contributed by atoms with E-state index in [0.29, 0.717) is 34.6 Å². The molecule has 4 aromatic carbocycles. The SMILES string of the molecule is COc1cc(C(=O)O)ccc1NC(=O)[C@@H]1N[C@@H](CC(C)(C)C)[C@@]2(CN(Cc3ccc(-c4nn[nH]n4)cc3)c3ccc(Cl)cc32)[C@H]1c1ccc(Cl)cc1. The molecule has 13 heteroatoms. The molecule has 4 N–H and O–H groups in total. The zero-order valence-electron chi connectivity index (χ0n) is 29.2. The molecule has 1 aromatic heterocycles. The molecule has 11 nitrogen and oxygen atoms in total. The van der Waals surface area contributed by atoms with Gasteiger partial charge in [0.05, 0.1) is 24.4 Å². The highest BCUT2D eigenvalue weighted by atomic mass is 35.5. The van der Waals surface area contributed by atoms with Gasteiger partial charge < -0.3 is 25.4 Å². The minimum Gasteiger partial charge on any atom is -0.495 e. The van der Waals surface area contributed by atoms with Crippen molar-refractivity contribution in [2.45, 2.75) is 57.2 Å². The summed E-state index contributed by atoms with van der Waals surface area (Å²) in [5, 5.41) is 32.1. The Morgan fingerprint density at radius 2 is 1.73 bits per heavy atom. The molecule has 3 heterocycles. The number of aromatic nitrogens is 4. The molecule has 5 aromatic rings. The summed E-state index contributed by atoms with van der Waals surface area (Å²) in [7, 11) is 1.45. The van der Waals surface area contributed by atoms with Crippen LogP contribution in [0.4, 0.5) is 11.4 Å². The molecule has 0 saturated carbocycles. The van der Waals surface area contributed by atoms with Gasteiger partial charge >= 0.3 is 5.97 Å². The van der Waals surface area contributed by atoms with Crippen molar-refractivity contribution >= 4 is 46.5 Å². The third-order valence-corrected chi connectivity index (χ3v) is 10.6. The summed E-state index contributed by atoms with van der Waals surface area (Å²) in [5.74, 6) is -0.932. The first kappa shape index (κ1) is 35.4. The Hall–Kier alpha value is -4.97. The number of ether oxygens (including phenoxy) is 1. The maximum absolute atomic E-state index is 14.7. The molecule has 0 unspecified atom stereocenters. The Bertz CT molecular complexity index is 2100. The number of carboxylic acids is 1. The standard InChI is InChI=1S/C39H39Cl2N7O4/c1-38(2,3)19-32-39(21-48(30-16-14-27(41)18-28(30)39)20-22-5-7-24(8-6-22)35-44-46-47-45-35)33(23-9-12-26(40)13-10-23)34(43-32)36(49)42-29-15-11-25(37(50)51)17-31(29)52-4/h5-18,32-34,43H,19-21H2,1-4H3,(H,42,49)(H,50,51)(H,44,45,46,47)/t32-,33-,34+,39-/m0/s1. The van der Waals surface area contributed by atoms with E-state index in [4.69, 9.17) is 27.9 Å². The van der Waals surface area contributed by atoms with Crippen molar-refractivity contribution < 1.29 is 19.4 Å². The van der Waals surface area contributed by atoms with E-state index in [2.05, 4.69) is 81.2 Å². The second kappa shape index (κ2) is 13.9. The number of H-pyrrole nitrogens is 1. The number of rotatable bonds is 9. The van der Waals surface area contributed by atoms with Crippen molar-refractivity contribution in [1.29, 1.82) is 0 Å². The summed E-state index contributed by atoms with van der Waals surface area (Å²) in [5.41, 5.74) is 4.76. The van der Waals surface area contributed by atoms with E-state index in [9.17, 15) is 14.7 Å². The van der Waals surface area contributed by atoms with Crippen LogP contribution in [-0.2, 0) is 16.8 Å². The van der Waals surface area contributed by atoms with Crippen LogP contribution in [0.2, 0.25) is 10.0 Å². The normalized spacial score (nSPS) is 21.0. The Morgan fingerprint density at radius 3 is 2.38 bits per heavy atom. The summed E-state index contributed by atoms with van der Waals surface area (Å²) in [4.78, 5) is 28.7. The molecule has 52 heavy (non-hydrogen) atoms. The molecule has 2 aliphatic heterocycles. The lowest BCUT2D eigenvalue weighted by Gasteiger charge is -2.40. The van der Waals surface area contributed by atoms with Crippen LogP contribution in [-0.4, -0.2) is 63.3 Å². The largest absolute Gasteiger partial charge is 0.495 e. The van der Waals surface area contributed by atoms with Crippen LogP contribution < -0.4 is 20.3 Å².